The van der Waals surface area contributed by atoms with Gasteiger partial charge in [-0.25, -0.2) is 10.9 Å². The van der Waals surface area contributed by atoms with Gasteiger partial charge in [0.2, 0.25) is 0 Å². The molecule has 2 fully saturated rings. The normalized spacial score (nSPS) is 29.8. The lowest BCUT2D eigenvalue weighted by Crippen LogP contribution is -2.53. The Kier molecular flexibility index (Phi) is 6.17. The van der Waals surface area contributed by atoms with Crippen molar-refractivity contribution in [2.45, 2.75) is 50.2 Å². The topological polar surface area (TPSA) is 61.5 Å². The Hall–Kier alpha value is -1.26. The molecule has 3 aliphatic heterocycles. The maximum absolute atomic E-state index is 12.6. The molecular weight excluding hydrogens is 371 g/mol. The molecule has 0 aromatic carbocycles. The number of fused-ring (bicyclic) bond motifs is 1. The van der Waals surface area contributed by atoms with E-state index in [1.807, 2.05) is 12.3 Å². The van der Waals surface area contributed by atoms with Crippen LogP contribution in [-0.4, -0.2) is 55.0 Å². The fourth-order valence-corrected chi connectivity index (χ4v) is 4.56. The summed E-state index contributed by atoms with van der Waals surface area (Å²) in [6, 6.07) is 2.10. The molecule has 6 nitrogen and oxygen atoms in total. The van der Waals surface area contributed by atoms with Crippen LogP contribution in [0.25, 0.3) is 0 Å². The van der Waals surface area contributed by atoms with Crippen LogP contribution in [0.4, 0.5) is 13.2 Å². The van der Waals surface area contributed by atoms with Gasteiger partial charge < -0.3 is 4.74 Å². The number of piperidine rings is 1. The molecule has 28 heavy (non-hydrogen) atoms. The van der Waals surface area contributed by atoms with Gasteiger partial charge in [0, 0.05) is 37.2 Å². The first-order valence-electron chi connectivity index (χ1n) is 10.1. The molecule has 156 valence electrons. The highest BCUT2D eigenvalue weighted by Crippen LogP contribution is 2.36. The first-order valence-corrected chi connectivity index (χ1v) is 10.1. The standard InChI is InChI=1S/C19H28F3N5O/c20-19(21,22)12-27-7-4-13(5-8-27)17-15-3-6-23-11-16(15)18(26-25-17)24-10-14-2-1-9-28-14/h3,6,11,13-14,17-18,24-26H,1-2,4-5,7-10,12H2/t14-,17?,18?/m1/s1. The van der Waals surface area contributed by atoms with Gasteiger partial charge in [0.25, 0.3) is 0 Å². The molecule has 2 saturated heterocycles. The Balaban J connectivity index is 1.38. The van der Waals surface area contributed by atoms with Crippen molar-refractivity contribution in [2.24, 2.45) is 5.92 Å². The van der Waals surface area contributed by atoms with Gasteiger partial charge in [-0.3, -0.25) is 15.2 Å². The number of hydrazine groups is 1. The number of hydrogen-bond donors (Lipinski definition) is 3. The van der Waals surface area contributed by atoms with Crippen LogP contribution in [0.2, 0.25) is 0 Å². The molecule has 4 rings (SSSR count). The Labute approximate surface area is 163 Å². The van der Waals surface area contributed by atoms with Crippen LogP contribution in [0.1, 0.15) is 49.0 Å². The van der Waals surface area contributed by atoms with Crippen LogP contribution in [0.5, 0.6) is 0 Å². The van der Waals surface area contributed by atoms with Gasteiger partial charge in [-0.05, 0) is 56.3 Å². The molecule has 0 bridgehead atoms. The second-order valence-corrected chi connectivity index (χ2v) is 7.98. The minimum atomic E-state index is -4.13. The summed E-state index contributed by atoms with van der Waals surface area (Å²) in [5.41, 5.74) is 9.03. The molecule has 0 radical (unpaired) electrons. The lowest BCUT2D eigenvalue weighted by atomic mass is 9.83. The molecule has 0 spiro atoms. The molecule has 1 aromatic rings. The molecule has 3 N–H and O–H groups in total. The third-order valence-electron chi connectivity index (χ3n) is 6.00. The average molecular weight is 399 g/mol. The number of hydrogen-bond acceptors (Lipinski definition) is 6. The highest BCUT2D eigenvalue weighted by molar-refractivity contribution is 5.32. The number of nitrogens with zero attached hydrogens (tertiary/aromatic N) is 2. The van der Waals surface area contributed by atoms with Crippen molar-refractivity contribution < 1.29 is 17.9 Å². The molecule has 0 aliphatic carbocycles. The second-order valence-electron chi connectivity index (χ2n) is 7.98. The quantitative estimate of drug-likeness (QED) is 0.706. The Bertz CT molecular complexity index is 645. The highest BCUT2D eigenvalue weighted by Gasteiger charge is 2.37. The van der Waals surface area contributed by atoms with Crippen molar-refractivity contribution >= 4 is 0 Å². The third kappa shape index (κ3) is 4.83. The zero-order valence-corrected chi connectivity index (χ0v) is 15.8. The van der Waals surface area contributed by atoms with E-state index in [1.54, 1.807) is 6.20 Å². The number of rotatable bonds is 5. The van der Waals surface area contributed by atoms with Gasteiger partial charge in [0.15, 0.2) is 0 Å². The van der Waals surface area contributed by atoms with Crippen LogP contribution in [-0.2, 0) is 4.74 Å². The summed E-state index contributed by atoms with van der Waals surface area (Å²) >= 11 is 0. The highest BCUT2D eigenvalue weighted by atomic mass is 19.4. The third-order valence-corrected chi connectivity index (χ3v) is 6.00. The number of nitrogens with one attached hydrogen (secondary N) is 3. The van der Waals surface area contributed by atoms with Crippen molar-refractivity contribution in [1.82, 2.24) is 26.1 Å². The summed E-state index contributed by atoms with van der Waals surface area (Å²) in [6.45, 7) is 1.74. The Morgan fingerprint density at radius 2 is 2.00 bits per heavy atom. The maximum atomic E-state index is 12.6. The van der Waals surface area contributed by atoms with Crippen LogP contribution in [0, 0.1) is 5.92 Å². The van der Waals surface area contributed by atoms with E-state index in [0.717, 1.165) is 44.4 Å². The van der Waals surface area contributed by atoms with Crippen molar-refractivity contribution in [1.29, 1.82) is 0 Å². The lowest BCUT2D eigenvalue weighted by Gasteiger charge is -2.41. The summed E-state index contributed by atoms with van der Waals surface area (Å²) in [5, 5.41) is 3.50. The monoisotopic (exact) mass is 399 g/mol. The van der Waals surface area contributed by atoms with Crippen molar-refractivity contribution in [2.75, 3.05) is 32.8 Å². The molecule has 3 atom stereocenters. The molecule has 4 heterocycles. The summed E-state index contributed by atoms with van der Waals surface area (Å²) in [4.78, 5) is 5.79. The summed E-state index contributed by atoms with van der Waals surface area (Å²) < 4.78 is 43.6. The van der Waals surface area contributed by atoms with E-state index >= 15 is 0 Å². The van der Waals surface area contributed by atoms with Crippen molar-refractivity contribution in [3.63, 3.8) is 0 Å². The van der Waals surface area contributed by atoms with Crippen molar-refractivity contribution in [3.05, 3.63) is 29.6 Å². The molecule has 0 saturated carbocycles. The van der Waals surface area contributed by atoms with Gasteiger partial charge in [-0.2, -0.15) is 13.2 Å². The predicted molar refractivity (Wildman–Crippen MR) is 98.2 cm³/mol. The number of alkyl halides is 3. The molecular formula is C19H28F3N5O. The number of pyridine rings is 1. The smallest absolute Gasteiger partial charge is 0.377 e. The Morgan fingerprint density at radius 3 is 2.71 bits per heavy atom. The van der Waals surface area contributed by atoms with Crippen LogP contribution < -0.4 is 16.2 Å². The molecule has 0 amide bonds. The molecule has 3 aliphatic rings. The SMILES string of the molecule is FC(F)(F)CN1CCC(C2NNC(NC[C@H]3CCCO3)c3cnccc32)CC1. The van der Waals surface area contributed by atoms with E-state index in [1.165, 1.54) is 10.5 Å². The van der Waals surface area contributed by atoms with Crippen molar-refractivity contribution in [3.8, 4) is 0 Å². The molecule has 2 unspecified atom stereocenters. The van der Waals surface area contributed by atoms with Crippen LogP contribution in [0.15, 0.2) is 18.5 Å². The summed E-state index contributed by atoms with van der Waals surface area (Å²) in [5.74, 6) is 0.289. The second kappa shape index (κ2) is 8.62. The number of aromatic nitrogens is 1. The van der Waals surface area contributed by atoms with Gasteiger partial charge in [-0.15, -0.1) is 0 Å². The molecule has 1 aromatic heterocycles. The first kappa shape index (κ1) is 20.0. The first-order chi connectivity index (χ1) is 13.5. The van der Waals surface area contributed by atoms with Gasteiger partial charge in [0.1, 0.15) is 0 Å². The van der Waals surface area contributed by atoms with E-state index < -0.39 is 12.7 Å². The van der Waals surface area contributed by atoms with Crippen LogP contribution >= 0.6 is 0 Å². The fourth-order valence-electron chi connectivity index (χ4n) is 4.56. The Morgan fingerprint density at radius 1 is 1.18 bits per heavy atom. The van der Waals surface area contributed by atoms with Crippen LogP contribution in [0.3, 0.4) is 0 Å². The number of ether oxygens (including phenoxy) is 1. The minimum absolute atomic E-state index is 0.0607. The lowest BCUT2D eigenvalue weighted by molar-refractivity contribution is -0.149. The number of likely N-dealkylation sites (tertiary alicyclic amines) is 1. The van der Waals surface area contributed by atoms with E-state index in [0.29, 0.717) is 13.1 Å². The van der Waals surface area contributed by atoms with E-state index in [4.69, 9.17) is 4.74 Å². The zero-order valence-electron chi connectivity index (χ0n) is 15.8. The predicted octanol–water partition coefficient (Wildman–Crippen LogP) is 2.27. The van der Waals surface area contributed by atoms with E-state index in [-0.39, 0.29) is 24.2 Å². The van der Waals surface area contributed by atoms with Gasteiger partial charge >= 0.3 is 6.18 Å². The van der Waals surface area contributed by atoms with Gasteiger partial charge in [0.05, 0.1) is 18.8 Å². The summed E-state index contributed by atoms with van der Waals surface area (Å²) in [7, 11) is 0. The minimum Gasteiger partial charge on any atom is -0.377 e. The van der Waals surface area contributed by atoms with E-state index in [2.05, 4.69) is 21.2 Å². The largest absolute Gasteiger partial charge is 0.401 e. The summed E-state index contributed by atoms with van der Waals surface area (Å²) in [6.07, 6.45) is 3.39. The van der Waals surface area contributed by atoms with Gasteiger partial charge in [-0.1, -0.05) is 0 Å². The maximum Gasteiger partial charge on any atom is 0.401 e. The zero-order chi connectivity index (χ0) is 19.6. The fraction of sp³-hybridized carbons (Fsp3) is 0.737. The average Bonchev–Trinajstić information content (AvgIpc) is 3.19. The number of halogens is 3. The van der Waals surface area contributed by atoms with E-state index in [9.17, 15) is 13.2 Å². The molecule has 9 heteroatoms.